The maximum absolute atomic E-state index is 14.0. The molecule has 0 saturated carbocycles. The smallest absolute Gasteiger partial charge is 0.257 e. The lowest BCUT2D eigenvalue weighted by molar-refractivity contribution is 0.510. The Hall–Kier alpha value is -2.72. The summed E-state index contributed by atoms with van der Waals surface area (Å²) in [7, 11) is 0. The predicted molar refractivity (Wildman–Crippen MR) is 97.4 cm³/mol. The van der Waals surface area contributed by atoms with E-state index in [0.29, 0.717) is 22.5 Å². The minimum atomic E-state index is -0.409. The normalized spacial score (nSPS) is 12.4. The van der Waals surface area contributed by atoms with Gasteiger partial charge in [-0.3, -0.25) is 0 Å². The predicted octanol–water partition coefficient (Wildman–Crippen LogP) is 3.76. The molecule has 0 bridgehead atoms. The molecule has 1 aromatic carbocycles. The highest BCUT2D eigenvalue weighted by Gasteiger charge is 2.21. The van der Waals surface area contributed by atoms with Crippen LogP contribution in [0.25, 0.3) is 22.2 Å². The van der Waals surface area contributed by atoms with Gasteiger partial charge in [0, 0.05) is 0 Å². The van der Waals surface area contributed by atoms with Crippen LogP contribution in [0, 0.1) is 5.82 Å². The van der Waals surface area contributed by atoms with E-state index in [1.54, 1.807) is 18.2 Å². The van der Waals surface area contributed by atoms with E-state index in [9.17, 15) is 4.39 Å². The van der Waals surface area contributed by atoms with Gasteiger partial charge < -0.3 is 10.3 Å². The molecule has 3 heterocycles. The number of hydrogen-bond donors (Lipinski definition) is 1. The first-order valence-corrected chi connectivity index (χ1v) is 9.38. The van der Waals surface area contributed by atoms with Crippen molar-refractivity contribution in [2.75, 3.05) is 5.84 Å². The third-order valence-corrected chi connectivity index (χ3v) is 5.48. The highest BCUT2D eigenvalue weighted by molar-refractivity contribution is 7.99. The van der Waals surface area contributed by atoms with Crippen molar-refractivity contribution in [1.29, 1.82) is 0 Å². The molecular formula is C16H13FN6OS2. The molecule has 10 heteroatoms. The van der Waals surface area contributed by atoms with Gasteiger partial charge in [-0.05, 0) is 30.5 Å². The van der Waals surface area contributed by atoms with Crippen LogP contribution in [-0.2, 0) is 0 Å². The molecule has 0 aliphatic rings. The summed E-state index contributed by atoms with van der Waals surface area (Å²) in [5.74, 6) is 6.82. The number of thioether (sulfide) groups is 1. The van der Waals surface area contributed by atoms with Gasteiger partial charge in [-0.15, -0.1) is 31.7 Å². The van der Waals surface area contributed by atoms with Crippen LogP contribution in [0.3, 0.4) is 0 Å². The second kappa shape index (κ2) is 6.89. The number of hydrogen-bond acceptors (Lipinski definition) is 8. The Labute approximate surface area is 156 Å². The van der Waals surface area contributed by atoms with Gasteiger partial charge in [-0.2, -0.15) is 0 Å². The monoisotopic (exact) mass is 388 g/mol. The first kappa shape index (κ1) is 16.7. The summed E-state index contributed by atoms with van der Waals surface area (Å²) >= 11 is 2.83. The number of halogens is 1. The Bertz CT molecular complexity index is 1030. The van der Waals surface area contributed by atoms with E-state index in [4.69, 9.17) is 10.3 Å². The minimum Gasteiger partial charge on any atom is -0.419 e. The van der Waals surface area contributed by atoms with Crippen LogP contribution in [0.2, 0.25) is 0 Å². The van der Waals surface area contributed by atoms with Crippen molar-refractivity contribution in [2.24, 2.45) is 0 Å². The summed E-state index contributed by atoms with van der Waals surface area (Å²) in [6.07, 6.45) is 0. The number of nitrogen functional groups attached to an aromatic ring is 1. The molecule has 0 saturated heterocycles. The zero-order chi connectivity index (χ0) is 18.1. The van der Waals surface area contributed by atoms with Crippen LogP contribution in [0.5, 0.6) is 0 Å². The molecule has 0 unspecified atom stereocenters. The van der Waals surface area contributed by atoms with Gasteiger partial charge in [0.15, 0.2) is 5.82 Å². The molecule has 2 N–H and O–H groups in total. The van der Waals surface area contributed by atoms with E-state index in [0.717, 1.165) is 4.88 Å². The van der Waals surface area contributed by atoms with Crippen LogP contribution < -0.4 is 5.84 Å². The van der Waals surface area contributed by atoms with Crippen LogP contribution in [0.4, 0.5) is 4.39 Å². The molecule has 4 rings (SSSR count). The summed E-state index contributed by atoms with van der Waals surface area (Å²) in [6.45, 7) is 1.90. The first-order valence-electron chi connectivity index (χ1n) is 7.63. The Balaban J connectivity index is 1.55. The molecule has 0 fully saturated rings. The van der Waals surface area contributed by atoms with Gasteiger partial charge in [0.05, 0.1) is 15.7 Å². The average molecular weight is 388 g/mol. The van der Waals surface area contributed by atoms with Gasteiger partial charge in [-0.1, -0.05) is 30.0 Å². The number of nitrogens with zero attached hydrogens (tertiary/aromatic N) is 5. The molecule has 1 atom stereocenters. The summed E-state index contributed by atoms with van der Waals surface area (Å²) in [4.78, 5) is 0.907. The van der Waals surface area contributed by atoms with Gasteiger partial charge >= 0.3 is 0 Å². The van der Waals surface area contributed by atoms with E-state index in [1.807, 2.05) is 24.4 Å². The maximum Gasteiger partial charge on any atom is 0.257 e. The fourth-order valence-electron chi connectivity index (χ4n) is 2.29. The van der Waals surface area contributed by atoms with E-state index in [2.05, 4.69) is 20.4 Å². The fourth-order valence-corrected chi connectivity index (χ4v) is 3.74. The highest BCUT2D eigenvalue weighted by Crippen LogP contribution is 2.35. The minimum absolute atomic E-state index is 0.198. The lowest BCUT2D eigenvalue weighted by Gasteiger charge is -2.07. The Morgan fingerprint density at radius 3 is 2.77 bits per heavy atom. The third kappa shape index (κ3) is 3.08. The topological polar surface area (TPSA) is 95.7 Å². The largest absolute Gasteiger partial charge is 0.419 e. The molecule has 0 aliphatic heterocycles. The van der Waals surface area contributed by atoms with Crippen molar-refractivity contribution >= 4 is 23.1 Å². The molecule has 3 aromatic heterocycles. The van der Waals surface area contributed by atoms with Crippen molar-refractivity contribution in [1.82, 2.24) is 25.1 Å². The maximum atomic E-state index is 14.0. The van der Waals surface area contributed by atoms with Gasteiger partial charge in [-0.25, -0.2) is 9.07 Å². The van der Waals surface area contributed by atoms with Crippen LogP contribution in [-0.4, -0.2) is 25.1 Å². The molecule has 0 spiro atoms. The van der Waals surface area contributed by atoms with Crippen molar-refractivity contribution in [3.05, 3.63) is 53.5 Å². The zero-order valence-corrected chi connectivity index (χ0v) is 15.2. The number of benzene rings is 1. The molecule has 7 nitrogen and oxygen atoms in total. The van der Waals surface area contributed by atoms with Gasteiger partial charge in [0.2, 0.25) is 11.0 Å². The average Bonchev–Trinajstić information content (AvgIpc) is 3.37. The van der Waals surface area contributed by atoms with Gasteiger partial charge in [0.25, 0.3) is 5.89 Å². The Morgan fingerprint density at radius 1 is 1.15 bits per heavy atom. The number of aromatic nitrogens is 5. The van der Waals surface area contributed by atoms with Gasteiger partial charge in [0.1, 0.15) is 5.82 Å². The molecular weight excluding hydrogens is 375 g/mol. The molecule has 0 amide bonds. The fraction of sp³-hybridized carbons (Fsp3) is 0.125. The van der Waals surface area contributed by atoms with E-state index in [-0.39, 0.29) is 11.1 Å². The Kier molecular flexibility index (Phi) is 4.43. The molecule has 26 heavy (non-hydrogen) atoms. The SMILES string of the molecule is C[C@H](Sc1nnc(-c2ccccc2F)n1N)c1nnc(-c2cccs2)o1. The van der Waals surface area contributed by atoms with Crippen molar-refractivity contribution in [2.45, 2.75) is 17.3 Å². The molecule has 132 valence electrons. The van der Waals surface area contributed by atoms with Crippen LogP contribution >= 0.6 is 23.1 Å². The summed E-state index contributed by atoms with van der Waals surface area (Å²) in [5, 5.41) is 18.4. The van der Waals surface area contributed by atoms with Crippen molar-refractivity contribution in [3.63, 3.8) is 0 Å². The third-order valence-electron chi connectivity index (χ3n) is 3.58. The standard InChI is InChI=1S/C16H13FN6OS2/c1-9(14-20-21-15(24-14)12-7-4-8-25-12)26-16-22-19-13(23(16)18)10-5-2-3-6-11(10)17/h2-9H,18H2,1H3/t9-/m0/s1. The lowest BCUT2D eigenvalue weighted by atomic mass is 10.2. The number of rotatable bonds is 5. The highest BCUT2D eigenvalue weighted by atomic mass is 32.2. The number of nitrogens with two attached hydrogens (primary N) is 1. The second-order valence-electron chi connectivity index (χ2n) is 5.34. The van der Waals surface area contributed by atoms with Crippen molar-refractivity contribution in [3.8, 4) is 22.2 Å². The van der Waals surface area contributed by atoms with E-state index in [1.165, 1.54) is 33.8 Å². The van der Waals surface area contributed by atoms with Crippen LogP contribution in [0.15, 0.2) is 51.4 Å². The lowest BCUT2D eigenvalue weighted by Crippen LogP contribution is -2.12. The zero-order valence-electron chi connectivity index (χ0n) is 13.5. The van der Waals surface area contributed by atoms with E-state index < -0.39 is 5.82 Å². The first-order chi connectivity index (χ1) is 12.6. The quantitative estimate of drug-likeness (QED) is 0.411. The Morgan fingerprint density at radius 2 is 2.00 bits per heavy atom. The van der Waals surface area contributed by atoms with Crippen molar-refractivity contribution < 1.29 is 8.81 Å². The molecule has 0 radical (unpaired) electrons. The summed E-state index contributed by atoms with van der Waals surface area (Å²) < 4.78 is 20.9. The van der Waals surface area contributed by atoms with Crippen LogP contribution in [0.1, 0.15) is 18.1 Å². The molecule has 0 aliphatic carbocycles. The second-order valence-corrected chi connectivity index (χ2v) is 7.59. The van der Waals surface area contributed by atoms with E-state index >= 15 is 0 Å². The summed E-state index contributed by atoms with van der Waals surface area (Å²) in [6, 6.07) is 10.1. The number of thiophene rings is 1. The molecule has 4 aromatic rings. The summed E-state index contributed by atoms with van der Waals surface area (Å²) in [5.41, 5.74) is 0.291.